The summed E-state index contributed by atoms with van der Waals surface area (Å²) in [6.07, 6.45) is 1.52. The fourth-order valence-corrected chi connectivity index (χ4v) is 3.20. The molecule has 4 heteroatoms. The molecule has 2 amide bonds. The Bertz CT molecular complexity index is 1010. The maximum Gasteiger partial charge on any atom is 0.243 e. The van der Waals surface area contributed by atoms with Crippen LogP contribution in [-0.4, -0.2) is 18.4 Å². The predicted molar refractivity (Wildman–Crippen MR) is 113 cm³/mol. The first kappa shape index (κ1) is 19.4. The van der Waals surface area contributed by atoms with Crippen molar-refractivity contribution in [2.45, 2.75) is 19.4 Å². The zero-order valence-electron chi connectivity index (χ0n) is 15.9. The van der Waals surface area contributed by atoms with Gasteiger partial charge in [-0.25, -0.2) is 0 Å². The van der Waals surface area contributed by atoms with E-state index in [0.29, 0.717) is 13.0 Å². The lowest BCUT2D eigenvalue weighted by atomic mass is 10.0. The molecule has 2 N–H and O–H groups in total. The van der Waals surface area contributed by atoms with E-state index in [0.717, 1.165) is 27.5 Å². The number of fused-ring (bicyclic) bond motifs is 1. The molecule has 3 aromatic rings. The molecular formula is C24H24N2O2. The van der Waals surface area contributed by atoms with Crippen molar-refractivity contribution in [2.24, 2.45) is 0 Å². The zero-order valence-corrected chi connectivity index (χ0v) is 15.9. The van der Waals surface area contributed by atoms with Crippen LogP contribution in [0.1, 0.15) is 22.7 Å². The Morgan fingerprint density at radius 3 is 2.54 bits per heavy atom. The summed E-state index contributed by atoms with van der Waals surface area (Å²) in [4.78, 5) is 24.3. The van der Waals surface area contributed by atoms with Crippen molar-refractivity contribution < 1.29 is 9.59 Å². The third kappa shape index (κ3) is 5.07. The highest BCUT2D eigenvalue weighted by atomic mass is 16.2. The van der Waals surface area contributed by atoms with Crippen molar-refractivity contribution in [3.05, 3.63) is 96.1 Å². The molecule has 0 saturated carbocycles. The van der Waals surface area contributed by atoms with Crippen molar-refractivity contribution >= 4 is 22.6 Å². The quantitative estimate of drug-likeness (QED) is 0.619. The van der Waals surface area contributed by atoms with Crippen LogP contribution in [0.25, 0.3) is 10.8 Å². The molecule has 0 bridgehead atoms. The van der Waals surface area contributed by atoms with E-state index in [-0.39, 0.29) is 17.9 Å². The second-order valence-electron chi connectivity index (χ2n) is 6.84. The Hall–Kier alpha value is -3.40. The van der Waals surface area contributed by atoms with E-state index in [1.54, 1.807) is 0 Å². The van der Waals surface area contributed by atoms with Crippen molar-refractivity contribution in [1.82, 2.24) is 10.6 Å². The monoisotopic (exact) mass is 372 g/mol. The average Bonchev–Trinajstić information content (AvgIpc) is 2.70. The molecule has 1 atom stereocenters. The molecule has 3 rings (SSSR count). The van der Waals surface area contributed by atoms with Gasteiger partial charge in [-0.15, -0.1) is 0 Å². The van der Waals surface area contributed by atoms with Gasteiger partial charge in [0.05, 0.1) is 12.5 Å². The van der Waals surface area contributed by atoms with Gasteiger partial charge in [-0.3, -0.25) is 9.59 Å². The second-order valence-corrected chi connectivity index (χ2v) is 6.84. The average molecular weight is 372 g/mol. The summed E-state index contributed by atoms with van der Waals surface area (Å²) >= 11 is 0. The Morgan fingerprint density at radius 2 is 1.79 bits per heavy atom. The van der Waals surface area contributed by atoms with Crippen LogP contribution >= 0.6 is 0 Å². The molecule has 0 fully saturated rings. The Balaban J connectivity index is 1.79. The van der Waals surface area contributed by atoms with E-state index < -0.39 is 0 Å². The number of amides is 2. The minimum Gasteiger partial charge on any atom is -0.350 e. The van der Waals surface area contributed by atoms with Crippen molar-refractivity contribution in [2.75, 3.05) is 6.54 Å². The van der Waals surface area contributed by atoms with Gasteiger partial charge < -0.3 is 10.6 Å². The van der Waals surface area contributed by atoms with Crippen molar-refractivity contribution in [3.63, 3.8) is 0 Å². The molecule has 3 aromatic carbocycles. The van der Waals surface area contributed by atoms with E-state index in [1.165, 1.54) is 6.08 Å². The molecular weight excluding hydrogens is 348 g/mol. The second kappa shape index (κ2) is 9.00. The first-order valence-corrected chi connectivity index (χ1v) is 9.29. The lowest BCUT2D eigenvalue weighted by Gasteiger charge is -2.20. The number of hydrogen-bond donors (Lipinski definition) is 2. The lowest BCUT2D eigenvalue weighted by Crippen LogP contribution is -2.38. The van der Waals surface area contributed by atoms with Crippen LogP contribution < -0.4 is 10.6 Å². The van der Waals surface area contributed by atoms with E-state index in [9.17, 15) is 9.59 Å². The molecule has 0 aliphatic carbocycles. The fraction of sp³-hybridized carbons (Fsp3) is 0.167. The minimum absolute atomic E-state index is 0.0865. The van der Waals surface area contributed by atoms with Gasteiger partial charge in [0, 0.05) is 6.54 Å². The Morgan fingerprint density at radius 1 is 1.00 bits per heavy atom. The smallest absolute Gasteiger partial charge is 0.243 e. The van der Waals surface area contributed by atoms with Crippen LogP contribution in [0, 0.1) is 6.92 Å². The lowest BCUT2D eigenvalue weighted by molar-refractivity contribution is -0.122. The van der Waals surface area contributed by atoms with Crippen LogP contribution in [-0.2, 0) is 16.0 Å². The minimum atomic E-state index is -0.328. The van der Waals surface area contributed by atoms with E-state index in [2.05, 4.69) is 17.2 Å². The third-order valence-electron chi connectivity index (χ3n) is 4.62. The number of carbonyl (C=O) groups is 2. The largest absolute Gasteiger partial charge is 0.350 e. The molecule has 0 spiro atoms. The van der Waals surface area contributed by atoms with E-state index in [1.807, 2.05) is 73.7 Å². The van der Waals surface area contributed by atoms with Crippen LogP contribution in [0.15, 0.2) is 79.4 Å². The standard InChI is InChI=1S/C24H24N2O2/c1-3-23(27)25-16-22(21-12-11-19-9-4-5-10-20(19)15-21)26-24(28)14-18-8-6-7-17(2)13-18/h3-13,15,22H,1,14,16H2,2H3,(H,25,27)(H,26,28). The van der Waals surface area contributed by atoms with Gasteiger partial charge in [0.1, 0.15) is 0 Å². The van der Waals surface area contributed by atoms with Gasteiger partial charge in [0.25, 0.3) is 0 Å². The predicted octanol–water partition coefficient (Wildman–Crippen LogP) is 3.85. The van der Waals surface area contributed by atoms with E-state index >= 15 is 0 Å². The molecule has 142 valence electrons. The Labute approximate surface area is 165 Å². The first-order chi connectivity index (χ1) is 13.5. The molecule has 0 saturated heterocycles. The topological polar surface area (TPSA) is 58.2 Å². The maximum absolute atomic E-state index is 12.6. The summed E-state index contributed by atoms with van der Waals surface area (Å²) in [6.45, 7) is 5.78. The fourth-order valence-electron chi connectivity index (χ4n) is 3.20. The highest BCUT2D eigenvalue weighted by Crippen LogP contribution is 2.20. The Kier molecular flexibility index (Phi) is 6.22. The molecule has 1 unspecified atom stereocenters. The van der Waals surface area contributed by atoms with Crippen LogP contribution in [0.3, 0.4) is 0 Å². The van der Waals surface area contributed by atoms with Crippen LogP contribution in [0.4, 0.5) is 0 Å². The number of benzene rings is 3. The van der Waals surface area contributed by atoms with Crippen LogP contribution in [0.2, 0.25) is 0 Å². The van der Waals surface area contributed by atoms with Crippen LogP contribution in [0.5, 0.6) is 0 Å². The van der Waals surface area contributed by atoms with Gasteiger partial charge in [0.2, 0.25) is 11.8 Å². The molecule has 0 aliphatic rings. The highest BCUT2D eigenvalue weighted by molar-refractivity contribution is 5.87. The van der Waals surface area contributed by atoms with E-state index in [4.69, 9.17) is 0 Å². The van der Waals surface area contributed by atoms with Gasteiger partial charge in [-0.2, -0.15) is 0 Å². The normalized spacial score (nSPS) is 11.6. The summed E-state index contributed by atoms with van der Waals surface area (Å²) < 4.78 is 0. The summed E-state index contributed by atoms with van der Waals surface area (Å²) in [6, 6.07) is 21.7. The number of rotatable bonds is 7. The summed E-state index contributed by atoms with van der Waals surface area (Å²) in [7, 11) is 0. The third-order valence-corrected chi connectivity index (χ3v) is 4.62. The molecule has 0 radical (unpaired) electrons. The van der Waals surface area contributed by atoms with Crippen molar-refractivity contribution in [3.8, 4) is 0 Å². The zero-order chi connectivity index (χ0) is 19.9. The molecule has 28 heavy (non-hydrogen) atoms. The molecule has 0 aromatic heterocycles. The van der Waals surface area contributed by atoms with Gasteiger partial charge in [-0.1, -0.05) is 72.8 Å². The summed E-state index contributed by atoms with van der Waals surface area (Å²) in [5.41, 5.74) is 3.03. The number of hydrogen-bond acceptors (Lipinski definition) is 2. The first-order valence-electron chi connectivity index (χ1n) is 9.29. The number of aryl methyl sites for hydroxylation is 1. The van der Waals surface area contributed by atoms with Gasteiger partial charge in [-0.05, 0) is 41.0 Å². The molecule has 0 heterocycles. The van der Waals surface area contributed by atoms with Gasteiger partial charge in [0.15, 0.2) is 0 Å². The molecule has 4 nitrogen and oxygen atoms in total. The number of carbonyl (C=O) groups excluding carboxylic acids is 2. The highest BCUT2D eigenvalue weighted by Gasteiger charge is 2.16. The SMILES string of the molecule is C=CC(=O)NCC(NC(=O)Cc1cccc(C)c1)c1ccc2ccccc2c1. The summed E-state index contributed by atoms with van der Waals surface area (Å²) in [5.74, 6) is -0.352. The van der Waals surface area contributed by atoms with Crippen molar-refractivity contribution in [1.29, 1.82) is 0 Å². The molecule has 0 aliphatic heterocycles. The maximum atomic E-state index is 12.6. The number of nitrogens with one attached hydrogen (secondary N) is 2. The van der Waals surface area contributed by atoms with Gasteiger partial charge >= 0.3 is 0 Å². The summed E-state index contributed by atoms with van der Waals surface area (Å²) in [5, 5.41) is 8.06.